The van der Waals surface area contributed by atoms with Crippen molar-refractivity contribution in [3.63, 3.8) is 0 Å². The Kier molecular flexibility index (Phi) is 4.43. The van der Waals surface area contributed by atoms with Gasteiger partial charge in [-0.1, -0.05) is 22.8 Å². The fourth-order valence-electron chi connectivity index (χ4n) is 5.91. The Morgan fingerprint density at radius 2 is 2.05 bits per heavy atom. The van der Waals surface area contributed by atoms with Crippen LogP contribution in [0.3, 0.4) is 0 Å². The van der Waals surface area contributed by atoms with E-state index in [2.05, 4.69) is 26.7 Å². The smallest absolute Gasteiger partial charge is 0.254 e. The first-order valence-electron chi connectivity index (χ1n) is 12.3. The molecule has 5 heterocycles. The summed E-state index contributed by atoms with van der Waals surface area (Å²) in [6.07, 6.45) is 5.11. The average molecular weight is 523 g/mol. The Labute approximate surface area is 220 Å². The maximum atomic E-state index is 13.6. The zero-order valence-electron chi connectivity index (χ0n) is 20.1. The van der Waals surface area contributed by atoms with Gasteiger partial charge in [0.1, 0.15) is 12.2 Å². The second kappa shape index (κ2) is 7.78. The molecule has 1 saturated carbocycles. The number of hydrogen-bond donors (Lipinski definition) is 0. The molecule has 0 N–H and O–H groups in total. The molecule has 3 unspecified atom stereocenters. The van der Waals surface area contributed by atoms with E-state index in [0.29, 0.717) is 34.3 Å². The summed E-state index contributed by atoms with van der Waals surface area (Å²) in [7, 11) is 0. The molecule has 2 aromatic carbocycles. The van der Waals surface area contributed by atoms with E-state index in [1.54, 1.807) is 22.9 Å². The number of rotatable bonds is 4. The molecule has 0 spiro atoms. The van der Waals surface area contributed by atoms with Crippen molar-refractivity contribution in [2.45, 2.75) is 31.7 Å². The summed E-state index contributed by atoms with van der Waals surface area (Å²) < 4.78 is 8.85. The van der Waals surface area contributed by atoms with Gasteiger partial charge in [0.15, 0.2) is 5.58 Å². The number of aromatic nitrogens is 7. The molecule has 5 aromatic rings. The normalized spacial score (nSPS) is 21.4. The minimum Gasteiger partial charge on any atom is -0.356 e. The fraction of sp³-hybridized carbons (Fsp3) is 0.222. The molecule has 0 radical (unpaired) electrons. The molecular formula is C27H19ClN8O2. The number of fused-ring (bicyclic) bond motifs is 4. The zero-order chi connectivity index (χ0) is 25.5. The third-order valence-corrected chi connectivity index (χ3v) is 8.02. The molecule has 1 fully saturated rings. The van der Waals surface area contributed by atoms with Crippen LogP contribution < -0.4 is 5.56 Å². The van der Waals surface area contributed by atoms with Crippen LogP contribution >= 0.6 is 11.6 Å². The van der Waals surface area contributed by atoms with Crippen LogP contribution in [-0.4, -0.2) is 40.6 Å². The molecule has 38 heavy (non-hydrogen) atoms. The lowest BCUT2D eigenvalue weighted by molar-refractivity contribution is 0.450. The lowest BCUT2D eigenvalue weighted by Gasteiger charge is -2.19. The van der Waals surface area contributed by atoms with E-state index in [-0.39, 0.29) is 17.5 Å². The van der Waals surface area contributed by atoms with Crippen molar-refractivity contribution >= 4 is 28.3 Å². The van der Waals surface area contributed by atoms with Gasteiger partial charge in [0, 0.05) is 46.1 Å². The molecule has 0 saturated heterocycles. The molecule has 0 bridgehead atoms. The van der Waals surface area contributed by atoms with Crippen LogP contribution in [0.2, 0.25) is 5.02 Å². The van der Waals surface area contributed by atoms with E-state index in [4.69, 9.17) is 26.1 Å². The highest BCUT2D eigenvalue weighted by atomic mass is 35.5. The number of aryl methyl sites for hydroxylation is 1. The number of halogens is 1. The average Bonchev–Trinajstić information content (AvgIpc) is 3.35. The van der Waals surface area contributed by atoms with E-state index in [1.807, 2.05) is 35.9 Å². The Morgan fingerprint density at radius 1 is 1.13 bits per heavy atom. The van der Waals surface area contributed by atoms with E-state index >= 15 is 0 Å². The van der Waals surface area contributed by atoms with Crippen molar-refractivity contribution in [1.82, 2.24) is 34.9 Å². The Morgan fingerprint density at radius 3 is 2.92 bits per heavy atom. The highest BCUT2D eigenvalue weighted by molar-refractivity contribution is 6.31. The molecule has 186 valence electrons. The van der Waals surface area contributed by atoms with Crippen LogP contribution in [0.1, 0.15) is 41.9 Å². The Bertz CT molecular complexity index is 1900. The Balaban J connectivity index is 1.14. The van der Waals surface area contributed by atoms with Gasteiger partial charge in [-0.2, -0.15) is 4.68 Å². The van der Waals surface area contributed by atoms with Crippen molar-refractivity contribution in [3.05, 3.63) is 93.0 Å². The summed E-state index contributed by atoms with van der Waals surface area (Å²) in [4.78, 5) is 23.3. The van der Waals surface area contributed by atoms with E-state index < -0.39 is 0 Å². The van der Waals surface area contributed by atoms with Gasteiger partial charge in [0.2, 0.25) is 0 Å². The molecule has 3 atom stereocenters. The minimum absolute atomic E-state index is 0.0418. The highest BCUT2D eigenvalue weighted by Crippen LogP contribution is 2.61. The van der Waals surface area contributed by atoms with Crippen molar-refractivity contribution in [1.29, 1.82) is 0 Å². The molecule has 11 heteroatoms. The topological polar surface area (TPSA) is 117 Å². The minimum atomic E-state index is -0.0854. The summed E-state index contributed by atoms with van der Waals surface area (Å²) in [5.41, 5.74) is 6.60. The predicted octanol–water partition coefficient (Wildman–Crippen LogP) is 4.42. The molecule has 8 rings (SSSR count). The number of nitrogens with zero attached hydrogens (tertiary/aromatic N) is 8. The summed E-state index contributed by atoms with van der Waals surface area (Å²) in [5.74, 6) is 1.42. The zero-order valence-corrected chi connectivity index (χ0v) is 20.9. The second-order valence-electron chi connectivity index (χ2n) is 10.0. The quantitative estimate of drug-likeness (QED) is 0.343. The second-order valence-corrected chi connectivity index (χ2v) is 10.4. The first-order chi connectivity index (χ1) is 18.5. The van der Waals surface area contributed by atoms with Gasteiger partial charge in [-0.05, 0) is 65.6 Å². The third kappa shape index (κ3) is 3.16. The molecular weight excluding hydrogens is 504 g/mol. The van der Waals surface area contributed by atoms with Gasteiger partial charge in [0.05, 0.1) is 28.8 Å². The number of hydrogen-bond acceptors (Lipinski definition) is 8. The molecule has 0 amide bonds. The van der Waals surface area contributed by atoms with Crippen LogP contribution in [0.5, 0.6) is 0 Å². The largest absolute Gasteiger partial charge is 0.356 e. The lowest BCUT2D eigenvalue weighted by atomic mass is 9.97. The summed E-state index contributed by atoms with van der Waals surface area (Å²) in [6.45, 7) is 1.93. The van der Waals surface area contributed by atoms with Crippen LogP contribution in [0, 0.1) is 12.8 Å². The summed E-state index contributed by atoms with van der Waals surface area (Å²) in [5, 5.41) is 17.1. The first-order valence-corrected chi connectivity index (χ1v) is 12.7. The van der Waals surface area contributed by atoms with Crippen molar-refractivity contribution in [3.8, 4) is 16.9 Å². The van der Waals surface area contributed by atoms with E-state index in [0.717, 1.165) is 45.8 Å². The fourth-order valence-corrected chi connectivity index (χ4v) is 6.08. The lowest BCUT2D eigenvalue weighted by Crippen LogP contribution is -2.27. The van der Waals surface area contributed by atoms with Crippen LogP contribution in [0.25, 0.3) is 27.9 Å². The molecule has 1 aliphatic carbocycles. The summed E-state index contributed by atoms with van der Waals surface area (Å²) in [6, 6.07) is 13.0. The standard InChI is InChI=1S/C27H19ClN8O2/c1-13-17-4-2-14(7-24(17)38-32-13)21-6-15(11-29-21)26-18-9-19(18)27-31-22(10-25(37)36(26)27)20-8-16(28)3-5-23(20)35-12-30-33-34-35/h2-5,7-8,10-12,18-19,26H,6,9H2,1H3. The number of benzene rings is 2. The molecule has 3 aliphatic rings. The number of tetrazole rings is 1. The van der Waals surface area contributed by atoms with Crippen molar-refractivity contribution in [2.24, 2.45) is 10.9 Å². The van der Waals surface area contributed by atoms with Gasteiger partial charge in [-0.3, -0.25) is 14.4 Å². The van der Waals surface area contributed by atoms with E-state index in [1.165, 1.54) is 6.33 Å². The Hall–Kier alpha value is -4.44. The predicted molar refractivity (Wildman–Crippen MR) is 140 cm³/mol. The summed E-state index contributed by atoms with van der Waals surface area (Å²) >= 11 is 6.33. The van der Waals surface area contributed by atoms with Gasteiger partial charge in [-0.25, -0.2) is 4.98 Å². The van der Waals surface area contributed by atoms with Crippen LogP contribution in [0.15, 0.2) is 74.9 Å². The third-order valence-electron chi connectivity index (χ3n) is 7.79. The van der Waals surface area contributed by atoms with Gasteiger partial charge in [0.25, 0.3) is 5.56 Å². The van der Waals surface area contributed by atoms with Gasteiger partial charge >= 0.3 is 0 Å². The van der Waals surface area contributed by atoms with Crippen LogP contribution in [-0.2, 0) is 0 Å². The maximum absolute atomic E-state index is 13.6. The molecule has 2 aliphatic heterocycles. The molecule has 3 aromatic heterocycles. The van der Waals surface area contributed by atoms with Crippen molar-refractivity contribution in [2.75, 3.05) is 0 Å². The van der Waals surface area contributed by atoms with Gasteiger partial charge < -0.3 is 4.52 Å². The first kappa shape index (κ1) is 21.6. The molecule has 10 nitrogen and oxygen atoms in total. The van der Waals surface area contributed by atoms with Gasteiger partial charge in [-0.15, -0.1) is 5.10 Å². The van der Waals surface area contributed by atoms with E-state index in [9.17, 15) is 4.79 Å². The monoisotopic (exact) mass is 522 g/mol. The van der Waals surface area contributed by atoms with Crippen molar-refractivity contribution < 1.29 is 4.52 Å². The maximum Gasteiger partial charge on any atom is 0.254 e. The van der Waals surface area contributed by atoms with Crippen LogP contribution in [0.4, 0.5) is 0 Å². The highest BCUT2D eigenvalue weighted by Gasteiger charge is 2.55. The number of allylic oxidation sites excluding steroid dienone is 1. The number of aliphatic imine (C=N–C) groups is 1. The SMILES string of the molecule is Cc1noc2cc(C3=NC=C(C4C5CC5c5nc(-c6cc(Cl)ccc6-n6cnnn6)cc(=O)n54)C3)ccc12.